The normalized spacial score (nSPS) is 22.6. The largest absolute Gasteiger partial charge is 0.493 e. The summed E-state index contributed by atoms with van der Waals surface area (Å²) in [5.41, 5.74) is 0. The van der Waals surface area contributed by atoms with E-state index in [1.54, 1.807) is 6.92 Å². The lowest BCUT2D eigenvalue weighted by molar-refractivity contribution is -0.128. The summed E-state index contributed by atoms with van der Waals surface area (Å²) in [5.74, 6) is 2.34. The summed E-state index contributed by atoms with van der Waals surface area (Å²) < 4.78 is 6.05. The van der Waals surface area contributed by atoms with Gasteiger partial charge in [-0.1, -0.05) is 18.2 Å². The second-order valence-corrected chi connectivity index (χ2v) is 8.25. The third kappa shape index (κ3) is 5.22. The molecule has 3 rings (SSSR count). The van der Waals surface area contributed by atoms with Crippen molar-refractivity contribution in [2.24, 2.45) is 17.8 Å². The summed E-state index contributed by atoms with van der Waals surface area (Å²) in [6, 6.07) is 10.1. The van der Waals surface area contributed by atoms with E-state index in [4.69, 9.17) is 4.74 Å². The number of carbonyl (C=O) groups is 2. The summed E-state index contributed by atoms with van der Waals surface area (Å²) in [4.78, 5) is 30.5. The van der Waals surface area contributed by atoms with E-state index in [1.807, 2.05) is 58.9 Å². The number of likely N-dealkylation sites (tertiary alicyclic amines) is 2. The van der Waals surface area contributed by atoms with E-state index >= 15 is 0 Å². The van der Waals surface area contributed by atoms with Gasteiger partial charge >= 0.3 is 6.03 Å². The van der Waals surface area contributed by atoms with E-state index in [9.17, 15) is 9.59 Å². The number of carbonyl (C=O) groups excluding carboxylic acids is 2. The minimum Gasteiger partial charge on any atom is -0.493 e. The summed E-state index contributed by atoms with van der Waals surface area (Å²) in [6.45, 7) is 11.1. The zero-order valence-electron chi connectivity index (χ0n) is 18.0. The number of para-hydroxylation sites is 1. The number of benzene rings is 1. The Bertz CT molecular complexity index is 669. The molecule has 3 amide bonds. The Morgan fingerprint density at radius 2 is 1.69 bits per heavy atom. The second kappa shape index (κ2) is 9.99. The van der Waals surface area contributed by atoms with E-state index in [2.05, 4.69) is 0 Å². The maximum absolute atomic E-state index is 12.6. The number of urea groups is 1. The van der Waals surface area contributed by atoms with Gasteiger partial charge in [0.15, 0.2) is 0 Å². The maximum Gasteiger partial charge on any atom is 0.319 e. The van der Waals surface area contributed by atoms with E-state index in [-0.39, 0.29) is 11.9 Å². The summed E-state index contributed by atoms with van der Waals surface area (Å²) in [7, 11) is 0. The van der Waals surface area contributed by atoms with Crippen molar-refractivity contribution >= 4 is 11.9 Å². The SMILES string of the molecule is CCN(CC)C(=O)N1CCC([C@@H]2CN(C(C)=O)C[C@H]2COc2ccccc2)CC1. The highest BCUT2D eigenvalue weighted by molar-refractivity contribution is 5.74. The lowest BCUT2D eigenvalue weighted by atomic mass is 9.79. The summed E-state index contributed by atoms with van der Waals surface area (Å²) >= 11 is 0. The smallest absolute Gasteiger partial charge is 0.319 e. The summed E-state index contributed by atoms with van der Waals surface area (Å²) in [6.07, 6.45) is 2.01. The van der Waals surface area contributed by atoms with E-state index in [0.717, 1.165) is 57.9 Å². The van der Waals surface area contributed by atoms with Gasteiger partial charge in [0, 0.05) is 52.1 Å². The van der Waals surface area contributed by atoms with E-state index < -0.39 is 0 Å². The van der Waals surface area contributed by atoms with Gasteiger partial charge in [0.25, 0.3) is 0 Å². The second-order valence-electron chi connectivity index (χ2n) is 8.25. The topological polar surface area (TPSA) is 53.1 Å². The third-order valence-corrected chi connectivity index (χ3v) is 6.59. The quantitative estimate of drug-likeness (QED) is 0.735. The molecule has 1 aromatic carbocycles. The van der Waals surface area contributed by atoms with Crippen LogP contribution in [-0.4, -0.2) is 72.5 Å². The molecule has 2 fully saturated rings. The Kier molecular flexibility index (Phi) is 7.40. The molecule has 2 saturated heterocycles. The average molecular weight is 402 g/mol. The molecule has 0 unspecified atom stereocenters. The van der Waals surface area contributed by atoms with Crippen molar-refractivity contribution in [3.8, 4) is 5.75 Å². The molecule has 2 heterocycles. The number of amides is 3. The van der Waals surface area contributed by atoms with Gasteiger partial charge in [-0.25, -0.2) is 4.79 Å². The van der Waals surface area contributed by atoms with Gasteiger partial charge < -0.3 is 19.4 Å². The minimum atomic E-state index is 0.145. The predicted octanol–water partition coefficient (Wildman–Crippen LogP) is 3.33. The molecule has 6 nitrogen and oxygen atoms in total. The number of hydrogen-bond donors (Lipinski definition) is 0. The number of hydrogen-bond acceptors (Lipinski definition) is 3. The van der Waals surface area contributed by atoms with Gasteiger partial charge in [-0.15, -0.1) is 0 Å². The van der Waals surface area contributed by atoms with Crippen LogP contribution in [0.1, 0.15) is 33.6 Å². The van der Waals surface area contributed by atoms with Gasteiger partial charge in [0.05, 0.1) is 6.61 Å². The molecule has 2 aliphatic heterocycles. The Labute approximate surface area is 174 Å². The molecule has 6 heteroatoms. The molecular weight excluding hydrogens is 366 g/mol. The predicted molar refractivity (Wildman–Crippen MR) is 114 cm³/mol. The monoisotopic (exact) mass is 401 g/mol. The van der Waals surface area contributed by atoms with Crippen LogP contribution in [0.25, 0.3) is 0 Å². The fourth-order valence-electron chi connectivity index (χ4n) is 4.80. The zero-order valence-corrected chi connectivity index (χ0v) is 18.0. The van der Waals surface area contributed by atoms with Gasteiger partial charge in [-0.2, -0.15) is 0 Å². The highest BCUT2D eigenvalue weighted by atomic mass is 16.5. The average Bonchev–Trinajstić information content (AvgIpc) is 3.18. The van der Waals surface area contributed by atoms with Crippen LogP contribution in [0.15, 0.2) is 30.3 Å². The Morgan fingerprint density at radius 1 is 1.03 bits per heavy atom. The van der Waals surface area contributed by atoms with Crippen LogP contribution >= 0.6 is 0 Å². The van der Waals surface area contributed by atoms with Crippen molar-refractivity contribution in [2.45, 2.75) is 33.6 Å². The fraction of sp³-hybridized carbons (Fsp3) is 0.652. The van der Waals surface area contributed by atoms with Crippen molar-refractivity contribution in [1.82, 2.24) is 14.7 Å². The summed E-state index contributed by atoms with van der Waals surface area (Å²) in [5, 5.41) is 0. The Morgan fingerprint density at radius 3 is 2.28 bits per heavy atom. The molecular formula is C23H35N3O3. The molecule has 0 spiro atoms. The van der Waals surface area contributed by atoms with Crippen LogP contribution in [0, 0.1) is 17.8 Å². The van der Waals surface area contributed by atoms with Crippen LogP contribution in [0.4, 0.5) is 4.79 Å². The highest BCUT2D eigenvalue weighted by Gasteiger charge is 2.40. The fourth-order valence-corrected chi connectivity index (χ4v) is 4.80. The van der Waals surface area contributed by atoms with Crippen LogP contribution < -0.4 is 4.74 Å². The molecule has 160 valence electrons. The number of nitrogens with zero attached hydrogens (tertiary/aromatic N) is 3. The first-order chi connectivity index (χ1) is 14.0. The third-order valence-electron chi connectivity index (χ3n) is 6.59. The molecule has 0 saturated carbocycles. The molecule has 0 bridgehead atoms. The Balaban J connectivity index is 1.59. The van der Waals surface area contributed by atoms with Gasteiger partial charge in [0.2, 0.25) is 5.91 Å². The molecule has 2 aliphatic rings. The number of piperidine rings is 1. The molecule has 2 atom stereocenters. The zero-order chi connectivity index (χ0) is 20.8. The van der Waals surface area contributed by atoms with Crippen molar-refractivity contribution in [3.05, 3.63) is 30.3 Å². The lowest BCUT2D eigenvalue weighted by Crippen LogP contribution is -2.47. The lowest BCUT2D eigenvalue weighted by Gasteiger charge is -2.38. The van der Waals surface area contributed by atoms with Crippen molar-refractivity contribution in [2.75, 3.05) is 45.9 Å². The standard InChI is InChI=1S/C23H35N3O3/c1-4-24(5-2)23(28)25-13-11-19(12-14-25)22-16-26(18(3)27)15-20(22)17-29-21-9-7-6-8-10-21/h6-10,19-20,22H,4-5,11-17H2,1-3H3/t20-,22-/m0/s1. The first kappa shape index (κ1) is 21.5. The first-order valence-electron chi connectivity index (χ1n) is 11.0. The molecule has 0 N–H and O–H groups in total. The van der Waals surface area contributed by atoms with Crippen molar-refractivity contribution in [3.63, 3.8) is 0 Å². The van der Waals surface area contributed by atoms with Gasteiger partial charge in [-0.05, 0) is 50.7 Å². The maximum atomic E-state index is 12.6. The van der Waals surface area contributed by atoms with E-state index in [0.29, 0.717) is 24.4 Å². The number of ether oxygens (including phenoxy) is 1. The molecule has 0 radical (unpaired) electrons. The number of rotatable bonds is 6. The van der Waals surface area contributed by atoms with Crippen molar-refractivity contribution < 1.29 is 14.3 Å². The van der Waals surface area contributed by atoms with Gasteiger partial charge in [-0.3, -0.25) is 4.79 Å². The van der Waals surface area contributed by atoms with Crippen molar-refractivity contribution in [1.29, 1.82) is 0 Å². The molecule has 0 aromatic heterocycles. The van der Waals surface area contributed by atoms with Crippen LogP contribution in [0.3, 0.4) is 0 Å². The van der Waals surface area contributed by atoms with Gasteiger partial charge in [0.1, 0.15) is 5.75 Å². The Hall–Kier alpha value is -2.24. The van der Waals surface area contributed by atoms with E-state index in [1.165, 1.54) is 0 Å². The molecule has 29 heavy (non-hydrogen) atoms. The van der Waals surface area contributed by atoms with Crippen LogP contribution in [-0.2, 0) is 4.79 Å². The highest BCUT2D eigenvalue weighted by Crippen LogP contribution is 2.36. The first-order valence-corrected chi connectivity index (χ1v) is 11.0. The molecule has 0 aliphatic carbocycles. The molecule has 1 aromatic rings. The van der Waals surface area contributed by atoms with Crippen LogP contribution in [0.2, 0.25) is 0 Å². The minimum absolute atomic E-state index is 0.145. The van der Waals surface area contributed by atoms with Crippen LogP contribution in [0.5, 0.6) is 5.75 Å².